The van der Waals surface area contributed by atoms with Crippen LogP contribution in [0.2, 0.25) is 0 Å². The maximum atomic E-state index is 15.1. The van der Waals surface area contributed by atoms with Crippen LogP contribution in [0.15, 0.2) is 73.8 Å². The highest BCUT2D eigenvalue weighted by molar-refractivity contribution is 8.02. The zero-order valence-corrected chi connectivity index (χ0v) is 26.9. The van der Waals surface area contributed by atoms with E-state index in [4.69, 9.17) is 4.74 Å². The summed E-state index contributed by atoms with van der Waals surface area (Å²) in [5.41, 5.74) is 3.43. The first-order valence-corrected chi connectivity index (χ1v) is 16.4. The van der Waals surface area contributed by atoms with E-state index in [2.05, 4.69) is 13.2 Å². The minimum absolute atomic E-state index is 0.220. The molecule has 44 heavy (non-hydrogen) atoms. The Labute approximate surface area is 265 Å². The van der Waals surface area contributed by atoms with Crippen molar-refractivity contribution >= 4 is 35.2 Å². The summed E-state index contributed by atoms with van der Waals surface area (Å²) in [6.45, 7) is 13.9. The zero-order chi connectivity index (χ0) is 31.6. The minimum Gasteiger partial charge on any atom is -0.465 e. The van der Waals surface area contributed by atoms with Crippen molar-refractivity contribution in [1.82, 2.24) is 4.90 Å². The van der Waals surface area contributed by atoms with Crippen LogP contribution in [0, 0.1) is 25.7 Å². The van der Waals surface area contributed by atoms with E-state index < -0.39 is 33.4 Å². The molecule has 3 aliphatic heterocycles. The number of rotatable bonds is 13. The van der Waals surface area contributed by atoms with Gasteiger partial charge < -0.3 is 19.6 Å². The summed E-state index contributed by atoms with van der Waals surface area (Å²) in [6, 6.07) is 13.6. The molecule has 234 valence electrons. The summed E-state index contributed by atoms with van der Waals surface area (Å²) in [4.78, 5) is 47.0. The van der Waals surface area contributed by atoms with Crippen molar-refractivity contribution in [2.75, 3.05) is 24.7 Å². The Bertz CT molecular complexity index is 1410. The molecule has 3 fully saturated rings. The first kappa shape index (κ1) is 32.0. The molecule has 7 nitrogen and oxygen atoms in total. The van der Waals surface area contributed by atoms with E-state index in [-0.39, 0.29) is 37.5 Å². The van der Waals surface area contributed by atoms with Crippen molar-refractivity contribution in [3.63, 3.8) is 0 Å². The monoisotopic (exact) mass is 616 g/mol. The average Bonchev–Trinajstić information content (AvgIpc) is 3.58. The van der Waals surface area contributed by atoms with Crippen molar-refractivity contribution in [3.05, 3.63) is 90.5 Å². The Balaban J connectivity index is 1.61. The molecule has 0 saturated carbocycles. The Morgan fingerprint density at radius 3 is 2.43 bits per heavy atom. The highest BCUT2D eigenvalue weighted by Crippen LogP contribution is 2.72. The Kier molecular flexibility index (Phi) is 9.42. The standard InChI is InChI=1S/C36H44N2O5S/c1-6-8-9-13-22-43-34(42)29-28-32(40)38(27(23-39)26-17-11-10-12-18-26)31(36(28)20-19-35(29,5)44-36)33(41)37(21-7-2)30-24(3)15-14-16-25(30)4/h6-7,10-12,14-18,27-29,31,39H,1-2,8-9,13,19-23H2,3-5H3/t27-,28+,29-,31?,35+,36?/m1/s1. The van der Waals surface area contributed by atoms with Crippen molar-refractivity contribution in [2.24, 2.45) is 11.8 Å². The Morgan fingerprint density at radius 2 is 1.80 bits per heavy atom. The fraction of sp³-hybridized carbons (Fsp3) is 0.472. The lowest BCUT2D eigenvalue weighted by molar-refractivity contribution is -0.156. The number of carbonyl (C=O) groups excluding carboxylic acids is 3. The van der Waals surface area contributed by atoms with E-state index in [9.17, 15) is 14.7 Å². The Morgan fingerprint density at radius 1 is 1.09 bits per heavy atom. The summed E-state index contributed by atoms with van der Waals surface area (Å²) >= 11 is 1.61. The number of anilines is 1. The molecule has 1 N–H and O–H groups in total. The van der Waals surface area contributed by atoms with Gasteiger partial charge in [0.2, 0.25) is 5.91 Å². The fourth-order valence-electron chi connectivity index (χ4n) is 7.82. The number of likely N-dealkylation sites (tertiary alicyclic amines) is 1. The van der Waals surface area contributed by atoms with Crippen LogP contribution in [0.5, 0.6) is 0 Å². The van der Waals surface area contributed by atoms with Gasteiger partial charge in [-0.05, 0) is 69.6 Å². The van der Waals surface area contributed by atoms with Crippen LogP contribution in [0.3, 0.4) is 0 Å². The highest BCUT2D eigenvalue weighted by Gasteiger charge is 2.78. The number of hydrogen-bond acceptors (Lipinski definition) is 6. The van der Waals surface area contributed by atoms with Gasteiger partial charge in [0.1, 0.15) is 6.04 Å². The van der Waals surface area contributed by atoms with E-state index in [1.807, 2.05) is 75.4 Å². The van der Waals surface area contributed by atoms with Crippen molar-refractivity contribution in [2.45, 2.75) is 74.5 Å². The number of aliphatic hydroxyl groups is 1. The molecule has 2 amide bonds. The van der Waals surface area contributed by atoms with Gasteiger partial charge in [0.15, 0.2) is 0 Å². The van der Waals surface area contributed by atoms with Crippen LogP contribution in [-0.2, 0) is 19.1 Å². The number of aliphatic hydroxyl groups excluding tert-OH is 1. The Hall–Kier alpha value is -3.36. The van der Waals surface area contributed by atoms with Gasteiger partial charge in [-0.1, -0.05) is 60.7 Å². The number of benzene rings is 2. The smallest absolute Gasteiger partial charge is 0.311 e. The SMILES string of the molecule is C=CCCCCOC(=O)[C@H]1[C@H]2C(=O)N([C@H](CO)c3ccccc3)C(C(=O)N(CC=C)c3c(C)cccc3C)C23CC[C@]1(C)S3. The van der Waals surface area contributed by atoms with Gasteiger partial charge in [0.05, 0.1) is 35.8 Å². The number of thioether (sulfide) groups is 1. The molecular formula is C36H44N2O5S. The number of esters is 1. The predicted molar refractivity (Wildman–Crippen MR) is 175 cm³/mol. The second kappa shape index (κ2) is 12.9. The number of fused-ring (bicyclic) bond motifs is 1. The van der Waals surface area contributed by atoms with Crippen LogP contribution in [0.4, 0.5) is 5.69 Å². The van der Waals surface area contributed by atoms with Crippen LogP contribution in [0.25, 0.3) is 0 Å². The number of para-hydroxylation sites is 1. The number of amides is 2. The molecule has 2 aromatic rings. The van der Waals surface area contributed by atoms with E-state index in [1.165, 1.54) is 0 Å². The molecule has 0 radical (unpaired) electrons. The average molecular weight is 617 g/mol. The first-order chi connectivity index (χ1) is 21.1. The zero-order valence-electron chi connectivity index (χ0n) is 26.0. The number of allylic oxidation sites excluding steroid dienone is 1. The molecule has 0 aliphatic carbocycles. The van der Waals surface area contributed by atoms with Gasteiger partial charge in [-0.2, -0.15) is 0 Å². The fourth-order valence-corrected chi connectivity index (χ4v) is 10.1. The van der Waals surface area contributed by atoms with Crippen LogP contribution >= 0.6 is 11.8 Å². The largest absolute Gasteiger partial charge is 0.465 e. The van der Waals surface area contributed by atoms with E-state index in [0.717, 1.165) is 41.6 Å². The number of hydrogen-bond donors (Lipinski definition) is 1. The third-order valence-corrected chi connectivity index (χ3v) is 11.7. The summed E-state index contributed by atoms with van der Waals surface area (Å²) < 4.78 is 4.44. The van der Waals surface area contributed by atoms with Crippen LogP contribution in [-0.4, -0.2) is 63.1 Å². The molecule has 5 rings (SSSR count). The number of unbranched alkanes of at least 4 members (excludes halogenated alkanes) is 2. The molecule has 2 unspecified atom stereocenters. The molecule has 8 heteroatoms. The van der Waals surface area contributed by atoms with Gasteiger partial charge >= 0.3 is 5.97 Å². The van der Waals surface area contributed by atoms with Gasteiger partial charge in [-0.3, -0.25) is 14.4 Å². The molecule has 3 heterocycles. The van der Waals surface area contributed by atoms with Crippen molar-refractivity contribution in [1.29, 1.82) is 0 Å². The third kappa shape index (κ3) is 5.30. The second-order valence-corrected chi connectivity index (χ2v) is 14.4. The summed E-state index contributed by atoms with van der Waals surface area (Å²) in [6.07, 6.45) is 7.29. The molecule has 6 atom stereocenters. The number of aryl methyl sites for hydroxylation is 2. The van der Waals surface area contributed by atoms with Crippen LogP contribution in [0.1, 0.15) is 61.8 Å². The molecule has 1 spiro atoms. The lowest BCUT2D eigenvalue weighted by Crippen LogP contribution is -2.56. The highest BCUT2D eigenvalue weighted by atomic mass is 32.2. The lowest BCUT2D eigenvalue weighted by atomic mass is 9.66. The van der Waals surface area contributed by atoms with E-state index >= 15 is 4.79 Å². The molecule has 3 saturated heterocycles. The van der Waals surface area contributed by atoms with Gasteiger partial charge in [-0.15, -0.1) is 24.9 Å². The van der Waals surface area contributed by atoms with Crippen molar-refractivity contribution in [3.8, 4) is 0 Å². The molecule has 3 aliphatic rings. The molecule has 0 aromatic heterocycles. The summed E-state index contributed by atoms with van der Waals surface area (Å²) in [5, 5.41) is 10.8. The van der Waals surface area contributed by atoms with E-state index in [1.54, 1.807) is 27.6 Å². The molecular weight excluding hydrogens is 572 g/mol. The number of nitrogens with zero attached hydrogens (tertiary/aromatic N) is 2. The second-order valence-electron chi connectivity index (χ2n) is 12.5. The van der Waals surface area contributed by atoms with Gasteiger partial charge in [0, 0.05) is 17.0 Å². The maximum Gasteiger partial charge on any atom is 0.311 e. The third-order valence-electron chi connectivity index (χ3n) is 9.73. The maximum absolute atomic E-state index is 15.1. The summed E-state index contributed by atoms with van der Waals surface area (Å²) in [7, 11) is 0. The minimum atomic E-state index is -0.895. The number of carbonyl (C=O) groups is 3. The topological polar surface area (TPSA) is 87.1 Å². The summed E-state index contributed by atoms with van der Waals surface area (Å²) in [5.74, 6) is -2.28. The number of ether oxygens (including phenoxy) is 1. The lowest BCUT2D eigenvalue weighted by Gasteiger charge is -2.40. The van der Waals surface area contributed by atoms with Crippen molar-refractivity contribution < 1.29 is 24.2 Å². The molecule has 2 bridgehead atoms. The van der Waals surface area contributed by atoms with Gasteiger partial charge in [-0.25, -0.2) is 0 Å². The first-order valence-electron chi connectivity index (χ1n) is 15.6. The predicted octanol–water partition coefficient (Wildman–Crippen LogP) is 5.94. The van der Waals surface area contributed by atoms with Gasteiger partial charge in [0.25, 0.3) is 5.91 Å². The van der Waals surface area contributed by atoms with E-state index in [0.29, 0.717) is 12.8 Å². The quantitative estimate of drug-likeness (QED) is 0.170. The normalized spacial score (nSPS) is 27.6. The van der Waals surface area contributed by atoms with Crippen LogP contribution < -0.4 is 4.90 Å². The molecule has 2 aromatic carbocycles.